The summed E-state index contributed by atoms with van der Waals surface area (Å²) in [5.74, 6) is 0.846. The highest BCUT2D eigenvalue weighted by molar-refractivity contribution is 5.54. The molecule has 4 heteroatoms. The number of hydrogen-bond donors (Lipinski definition) is 1. The van der Waals surface area contributed by atoms with Crippen LogP contribution in [0.3, 0.4) is 0 Å². The van der Waals surface area contributed by atoms with Crippen molar-refractivity contribution >= 4 is 5.65 Å². The fraction of sp³-hybridized carbons (Fsp3) is 0.381. The monoisotopic (exact) mass is 337 g/mol. The van der Waals surface area contributed by atoms with E-state index < -0.39 is 0 Å². The normalized spacial score (nSPS) is 12.4. The van der Waals surface area contributed by atoms with Gasteiger partial charge in [-0.05, 0) is 37.6 Å². The highest BCUT2D eigenvalue weighted by atomic mass is 16.5. The van der Waals surface area contributed by atoms with E-state index in [0.717, 1.165) is 42.9 Å². The molecule has 0 aliphatic rings. The summed E-state index contributed by atoms with van der Waals surface area (Å²) < 4.78 is 8.06. The lowest BCUT2D eigenvalue weighted by atomic mass is 10.2. The maximum absolute atomic E-state index is 6.01. The van der Waals surface area contributed by atoms with Crippen LogP contribution in [-0.4, -0.2) is 28.6 Å². The summed E-state index contributed by atoms with van der Waals surface area (Å²) in [6.45, 7) is 6.09. The van der Waals surface area contributed by atoms with E-state index >= 15 is 0 Å². The van der Waals surface area contributed by atoms with E-state index in [-0.39, 0.29) is 0 Å². The molecule has 0 spiro atoms. The fourth-order valence-electron chi connectivity index (χ4n) is 2.95. The molecule has 3 aromatic rings. The number of aromatic nitrogens is 2. The van der Waals surface area contributed by atoms with E-state index in [1.165, 1.54) is 5.56 Å². The number of benzene rings is 1. The van der Waals surface area contributed by atoms with Gasteiger partial charge in [-0.2, -0.15) is 0 Å². The van der Waals surface area contributed by atoms with Crippen LogP contribution in [0.4, 0.5) is 0 Å². The van der Waals surface area contributed by atoms with E-state index in [4.69, 9.17) is 9.72 Å². The number of fused-ring (bicyclic) bond motifs is 1. The molecular formula is C21H27N3O. The second-order valence-corrected chi connectivity index (χ2v) is 6.48. The summed E-state index contributed by atoms with van der Waals surface area (Å²) in [5, 5.41) is 3.51. The topological polar surface area (TPSA) is 38.6 Å². The zero-order chi connectivity index (χ0) is 17.5. The molecule has 132 valence electrons. The molecule has 0 saturated heterocycles. The Bertz CT molecular complexity index is 782. The Morgan fingerprint density at radius 2 is 2.00 bits per heavy atom. The highest BCUT2D eigenvalue weighted by Gasteiger charge is 2.10. The Labute approximate surface area is 149 Å². The summed E-state index contributed by atoms with van der Waals surface area (Å²) in [6.07, 6.45) is 7.09. The first-order valence-corrected chi connectivity index (χ1v) is 9.13. The van der Waals surface area contributed by atoms with Crippen LogP contribution in [0, 0.1) is 0 Å². The van der Waals surface area contributed by atoms with Gasteiger partial charge in [-0.3, -0.25) is 0 Å². The van der Waals surface area contributed by atoms with Gasteiger partial charge in [-0.15, -0.1) is 0 Å². The maximum atomic E-state index is 6.01. The summed E-state index contributed by atoms with van der Waals surface area (Å²) in [6, 6.07) is 14.8. The quantitative estimate of drug-likeness (QED) is 0.644. The second-order valence-electron chi connectivity index (χ2n) is 6.48. The van der Waals surface area contributed by atoms with Crippen LogP contribution in [0.15, 0.2) is 54.9 Å². The molecular weight excluding hydrogens is 310 g/mol. The Balaban J connectivity index is 1.64. The molecule has 3 rings (SSSR count). The minimum atomic E-state index is 0.423. The van der Waals surface area contributed by atoms with Crippen molar-refractivity contribution in [2.45, 2.75) is 39.2 Å². The molecule has 4 nitrogen and oxygen atoms in total. The van der Waals surface area contributed by atoms with Crippen molar-refractivity contribution in [1.82, 2.24) is 14.7 Å². The number of rotatable bonds is 9. The van der Waals surface area contributed by atoms with Gasteiger partial charge < -0.3 is 14.5 Å². The molecule has 2 aromatic heterocycles. The third-order valence-electron chi connectivity index (χ3n) is 4.25. The molecule has 0 aliphatic carbocycles. The number of hydrogen-bond acceptors (Lipinski definition) is 3. The summed E-state index contributed by atoms with van der Waals surface area (Å²) in [7, 11) is 0. The molecule has 1 atom stereocenters. The van der Waals surface area contributed by atoms with E-state index in [0.29, 0.717) is 12.6 Å². The Morgan fingerprint density at radius 1 is 1.16 bits per heavy atom. The van der Waals surface area contributed by atoms with Crippen LogP contribution in [0.5, 0.6) is 5.75 Å². The molecule has 0 bridgehead atoms. The average Bonchev–Trinajstić information content (AvgIpc) is 3.04. The van der Waals surface area contributed by atoms with Crippen LogP contribution in [0.1, 0.15) is 31.5 Å². The van der Waals surface area contributed by atoms with Crippen molar-refractivity contribution in [2.24, 2.45) is 0 Å². The van der Waals surface area contributed by atoms with E-state index in [9.17, 15) is 0 Å². The average molecular weight is 337 g/mol. The SMILES string of the molecule is CCCNC(C)Cc1cn2cccc(OCCc3ccccc3)c2n1. The van der Waals surface area contributed by atoms with Crippen molar-refractivity contribution in [3.05, 3.63) is 66.1 Å². The number of ether oxygens (including phenoxy) is 1. The number of pyridine rings is 1. The zero-order valence-corrected chi connectivity index (χ0v) is 15.1. The molecule has 1 unspecified atom stereocenters. The van der Waals surface area contributed by atoms with Crippen molar-refractivity contribution in [2.75, 3.05) is 13.2 Å². The zero-order valence-electron chi connectivity index (χ0n) is 15.1. The van der Waals surface area contributed by atoms with Crippen LogP contribution >= 0.6 is 0 Å². The lowest BCUT2D eigenvalue weighted by Gasteiger charge is -2.10. The van der Waals surface area contributed by atoms with Crippen molar-refractivity contribution in [3.8, 4) is 5.75 Å². The fourth-order valence-corrected chi connectivity index (χ4v) is 2.95. The van der Waals surface area contributed by atoms with Gasteiger partial charge in [0.2, 0.25) is 0 Å². The highest BCUT2D eigenvalue weighted by Crippen LogP contribution is 2.20. The van der Waals surface area contributed by atoms with Crippen molar-refractivity contribution in [3.63, 3.8) is 0 Å². The van der Waals surface area contributed by atoms with Crippen LogP contribution in [-0.2, 0) is 12.8 Å². The van der Waals surface area contributed by atoms with Gasteiger partial charge in [-0.1, -0.05) is 37.3 Å². The van der Waals surface area contributed by atoms with Gasteiger partial charge in [0, 0.05) is 31.3 Å². The maximum Gasteiger partial charge on any atom is 0.179 e. The molecule has 2 heterocycles. The molecule has 1 N–H and O–H groups in total. The van der Waals surface area contributed by atoms with E-state index in [2.05, 4.69) is 54.0 Å². The molecule has 0 radical (unpaired) electrons. The molecule has 0 amide bonds. The lowest BCUT2D eigenvalue weighted by molar-refractivity contribution is 0.324. The molecule has 25 heavy (non-hydrogen) atoms. The van der Waals surface area contributed by atoms with E-state index in [1.807, 2.05) is 24.4 Å². The first-order chi connectivity index (χ1) is 12.3. The smallest absolute Gasteiger partial charge is 0.179 e. The Morgan fingerprint density at radius 3 is 2.80 bits per heavy atom. The van der Waals surface area contributed by atoms with Gasteiger partial charge >= 0.3 is 0 Å². The summed E-state index contributed by atoms with van der Waals surface area (Å²) in [5.41, 5.74) is 3.28. The Kier molecular flexibility index (Phi) is 6.07. The van der Waals surface area contributed by atoms with Crippen molar-refractivity contribution < 1.29 is 4.74 Å². The number of nitrogens with one attached hydrogen (secondary N) is 1. The van der Waals surface area contributed by atoms with Crippen LogP contribution < -0.4 is 10.1 Å². The minimum Gasteiger partial charge on any atom is -0.489 e. The molecule has 1 aromatic carbocycles. The number of imidazole rings is 1. The van der Waals surface area contributed by atoms with Crippen LogP contribution in [0.25, 0.3) is 5.65 Å². The van der Waals surface area contributed by atoms with Gasteiger partial charge in [0.05, 0.1) is 12.3 Å². The number of nitrogens with zero attached hydrogens (tertiary/aromatic N) is 2. The lowest BCUT2D eigenvalue weighted by Crippen LogP contribution is -2.28. The van der Waals surface area contributed by atoms with Crippen molar-refractivity contribution in [1.29, 1.82) is 0 Å². The minimum absolute atomic E-state index is 0.423. The third-order valence-corrected chi connectivity index (χ3v) is 4.25. The molecule has 0 aliphatic heterocycles. The third kappa shape index (κ3) is 4.83. The summed E-state index contributed by atoms with van der Waals surface area (Å²) in [4.78, 5) is 4.78. The van der Waals surface area contributed by atoms with Gasteiger partial charge in [-0.25, -0.2) is 4.98 Å². The largest absolute Gasteiger partial charge is 0.489 e. The predicted octanol–water partition coefficient (Wildman–Crippen LogP) is 3.89. The van der Waals surface area contributed by atoms with Gasteiger partial charge in [0.15, 0.2) is 11.4 Å². The molecule has 0 saturated carbocycles. The predicted molar refractivity (Wildman–Crippen MR) is 102 cm³/mol. The molecule has 0 fully saturated rings. The first-order valence-electron chi connectivity index (χ1n) is 9.13. The second kappa shape index (κ2) is 8.67. The first kappa shape index (κ1) is 17.5. The standard InChI is InChI=1S/C21H27N3O/c1-3-12-22-17(2)15-19-16-24-13-7-10-20(21(24)23-19)25-14-11-18-8-5-4-6-9-18/h4-10,13,16-17,22H,3,11-12,14-15H2,1-2H3. The van der Waals surface area contributed by atoms with Gasteiger partial charge in [0.25, 0.3) is 0 Å². The Hall–Kier alpha value is -2.33. The van der Waals surface area contributed by atoms with Gasteiger partial charge in [0.1, 0.15) is 0 Å². The summed E-state index contributed by atoms with van der Waals surface area (Å²) >= 11 is 0. The van der Waals surface area contributed by atoms with E-state index in [1.54, 1.807) is 0 Å². The van der Waals surface area contributed by atoms with Crippen LogP contribution in [0.2, 0.25) is 0 Å².